The topological polar surface area (TPSA) is 58.9 Å². The molecule has 3 aliphatic heterocycles. The number of Topliss-reactive ketones (excluding diaryl/α,β-unsaturated/α-hetero) is 1. The Kier molecular flexibility index (Phi) is 3.98. The molecular weight excluding hydrogens is 395 g/mol. The SMILES string of the molecule is CC(=O)[C@H]1[C@@H]2C(=O)N(c3ccc(F)c(Cl)c3)C(=O)[C@@H]2[C@H]2c3ccccc3C=C[NH+]21. The molecule has 0 aromatic heterocycles. The molecule has 146 valence electrons. The summed E-state index contributed by atoms with van der Waals surface area (Å²) in [5.74, 6) is -3.00. The highest BCUT2D eigenvalue weighted by Crippen LogP contribution is 2.45. The highest BCUT2D eigenvalue weighted by molar-refractivity contribution is 6.31. The van der Waals surface area contributed by atoms with Crippen LogP contribution in [0.5, 0.6) is 0 Å². The van der Waals surface area contributed by atoms with E-state index in [0.29, 0.717) is 0 Å². The van der Waals surface area contributed by atoms with Crippen molar-refractivity contribution in [1.82, 2.24) is 0 Å². The van der Waals surface area contributed by atoms with Crippen LogP contribution in [0.2, 0.25) is 5.02 Å². The number of fused-ring (bicyclic) bond motifs is 5. The van der Waals surface area contributed by atoms with Gasteiger partial charge in [-0.25, -0.2) is 9.29 Å². The van der Waals surface area contributed by atoms with Crippen molar-refractivity contribution in [2.75, 3.05) is 4.90 Å². The second kappa shape index (κ2) is 6.34. The van der Waals surface area contributed by atoms with Crippen LogP contribution >= 0.6 is 11.6 Å². The maximum atomic E-state index is 13.6. The van der Waals surface area contributed by atoms with Crippen LogP contribution in [0.3, 0.4) is 0 Å². The second-order valence-electron chi connectivity index (χ2n) is 7.69. The molecule has 2 fully saturated rings. The average Bonchev–Trinajstić information content (AvgIpc) is 3.17. The number of imide groups is 1. The van der Waals surface area contributed by atoms with Gasteiger partial charge in [-0.3, -0.25) is 19.3 Å². The first-order valence-electron chi connectivity index (χ1n) is 9.37. The number of hydrogen-bond acceptors (Lipinski definition) is 3. The zero-order chi connectivity index (χ0) is 20.4. The molecule has 2 saturated heterocycles. The lowest BCUT2D eigenvalue weighted by molar-refractivity contribution is -0.884. The molecule has 0 radical (unpaired) electrons. The summed E-state index contributed by atoms with van der Waals surface area (Å²) < 4.78 is 13.6. The molecule has 5 atom stereocenters. The number of carbonyl (C=O) groups is 3. The summed E-state index contributed by atoms with van der Waals surface area (Å²) in [6, 6.07) is 10.5. The zero-order valence-corrected chi connectivity index (χ0v) is 16.2. The van der Waals surface area contributed by atoms with Crippen molar-refractivity contribution in [2.45, 2.75) is 19.0 Å². The van der Waals surface area contributed by atoms with E-state index < -0.39 is 29.6 Å². The molecule has 2 aromatic rings. The van der Waals surface area contributed by atoms with Crippen LogP contribution in [0.1, 0.15) is 24.1 Å². The molecule has 7 heteroatoms. The minimum Gasteiger partial charge on any atom is -0.293 e. The maximum absolute atomic E-state index is 13.6. The van der Waals surface area contributed by atoms with E-state index in [9.17, 15) is 18.8 Å². The van der Waals surface area contributed by atoms with Gasteiger partial charge in [-0.1, -0.05) is 35.9 Å². The van der Waals surface area contributed by atoms with Gasteiger partial charge in [0.15, 0.2) is 11.8 Å². The Morgan fingerprint density at radius 1 is 1.10 bits per heavy atom. The molecule has 2 aromatic carbocycles. The number of hydrogen-bond donors (Lipinski definition) is 1. The van der Waals surface area contributed by atoms with Gasteiger partial charge in [-0.05, 0) is 29.8 Å². The first-order chi connectivity index (χ1) is 13.9. The number of quaternary nitrogens is 1. The van der Waals surface area contributed by atoms with Gasteiger partial charge in [0.25, 0.3) is 0 Å². The third-order valence-electron chi connectivity index (χ3n) is 6.22. The van der Waals surface area contributed by atoms with Crippen molar-refractivity contribution >= 4 is 41.0 Å². The number of ketones is 1. The third kappa shape index (κ3) is 2.46. The van der Waals surface area contributed by atoms with Crippen molar-refractivity contribution in [3.05, 3.63) is 70.6 Å². The average molecular weight is 412 g/mol. The quantitative estimate of drug-likeness (QED) is 0.770. The van der Waals surface area contributed by atoms with Gasteiger partial charge in [0.05, 0.1) is 16.9 Å². The molecule has 29 heavy (non-hydrogen) atoms. The summed E-state index contributed by atoms with van der Waals surface area (Å²) in [6.45, 7) is 1.46. The van der Waals surface area contributed by atoms with Gasteiger partial charge in [0.1, 0.15) is 23.7 Å². The first kappa shape index (κ1) is 18.2. The van der Waals surface area contributed by atoms with Crippen molar-refractivity contribution in [3.8, 4) is 0 Å². The summed E-state index contributed by atoms with van der Waals surface area (Å²) >= 11 is 5.87. The van der Waals surface area contributed by atoms with Gasteiger partial charge >= 0.3 is 0 Å². The number of amides is 2. The minimum absolute atomic E-state index is 0.137. The van der Waals surface area contributed by atoms with E-state index in [4.69, 9.17) is 11.6 Å². The standard InChI is InChI=1S/C22H16ClFN2O3/c1-11(27)19-17-18(20-14-5-3-2-4-12(14)8-9-25(19)20)22(29)26(21(17)28)13-6-7-16(24)15(23)10-13/h2-10,17-20H,1H3/p+1/t17-,18+,19+,20-/m1/s1. The van der Waals surface area contributed by atoms with Crippen LogP contribution in [0.4, 0.5) is 10.1 Å². The van der Waals surface area contributed by atoms with Crippen LogP contribution in [-0.4, -0.2) is 23.6 Å². The van der Waals surface area contributed by atoms with Gasteiger partial charge in [-0.15, -0.1) is 0 Å². The lowest BCUT2D eigenvalue weighted by Gasteiger charge is -2.30. The Bertz CT molecular complexity index is 1110. The van der Waals surface area contributed by atoms with E-state index in [1.807, 2.05) is 36.5 Å². The Labute approximate surface area is 171 Å². The fourth-order valence-corrected chi connectivity index (χ4v) is 5.28. The number of benzene rings is 2. The summed E-state index contributed by atoms with van der Waals surface area (Å²) in [5, 5.41) is -0.165. The molecule has 3 heterocycles. The van der Waals surface area contributed by atoms with Crippen LogP contribution in [-0.2, 0) is 14.4 Å². The summed E-state index contributed by atoms with van der Waals surface area (Å²) in [7, 11) is 0. The number of nitrogens with one attached hydrogen (secondary N) is 1. The molecule has 5 rings (SSSR count). The molecule has 0 spiro atoms. The summed E-state index contributed by atoms with van der Waals surface area (Å²) in [6.07, 6.45) is 3.82. The highest BCUT2D eigenvalue weighted by Gasteiger charge is 2.67. The molecule has 3 aliphatic rings. The number of halogens is 2. The van der Waals surface area contributed by atoms with Crippen molar-refractivity contribution in [1.29, 1.82) is 0 Å². The van der Waals surface area contributed by atoms with E-state index in [1.54, 1.807) is 0 Å². The largest absolute Gasteiger partial charge is 0.293 e. The van der Waals surface area contributed by atoms with E-state index in [0.717, 1.165) is 27.0 Å². The molecule has 5 nitrogen and oxygen atoms in total. The van der Waals surface area contributed by atoms with Crippen molar-refractivity contribution in [2.24, 2.45) is 11.8 Å². The predicted molar refractivity (Wildman–Crippen MR) is 105 cm³/mol. The Morgan fingerprint density at radius 3 is 2.55 bits per heavy atom. The van der Waals surface area contributed by atoms with Crippen LogP contribution in [0.25, 0.3) is 6.08 Å². The monoisotopic (exact) mass is 411 g/mol. The lowest BCUT2D eigenvalue weighted by Crippen LogP contribution is -3.12. The van der Waals surface area contributed by atoms with Crippen molar-refractivity contribution < 1.29 is 23.7 Å². The van der Waals surface area contributed by atoms with E-state index in [-0.39, 0.29) is 28.4 Å². The van der Waals surface area contributed by atoms with Gasteiger partial charge in [0, 0.05) is 12.5 Å². The molecule has 1 unspecified atom stereocenters. The van der Waals surface area contributed by atoms with Gasteiger partial charge in [0.2, 0.25) is 11.8 Å². The van der Waals surface area contributed by atoms with E-state index in [1.165, 1.54) is 19.1 Å². The molecule has 2 amide bonds. The lowest BCUT2D eigenvalue weighted by atomic mass is 9.84. The normalized spacial score (nSPS) is 29.6. The predicted octanol–water partition coefficient (Wildman–Crippen LogP) is 2.17. The summed E-state index contributed by atoms with van der Waals surface area (Å²) in [5.41, 5.74) is 2.15. The Hall–Kier alpha value is -2.83. The van der Waals surface area contributed by atoms with Crippen LogP contribution in [0.15, 0.2) is 48.7 Å². The number of rotatable bonds is 2. The van der Waals surface area contributed by atoms with E-state index in [2.05, 4.69) is 0 Å². The van der Waals surface area contributed by atoms with E-state index >= 15 is 0 Å². The smallest absolute Gasteiger partial charge is 0.244 e. The van der Waals surface area contributed by atoms with Crippen LogP contribution < -0.4 is 9.80 Å². The molecule has 1 N–H and O–H groups in total. The highest BCUT2D eigenvalue weighted by atomic mass is 35.5. The van der Waals surface area contributed by atoms with Gasteiger partial charge < -0.3 is 0 Å². The minimum atomic E-state index is -0.764. The fraction of sp³-hybridized carbons (Fsp3) is 0.227. The first-order valence-corrected chi connectivity index (χ1v) is 9.75. The zero-order valence-electron chi connectivity index (χ0n) is 15.4. The molecule has 0 saturated carbocycles. The number of nitrogens with zero attached hydrogens (tertiary/aromatic N) is 1. The number of carbonyl (C=O) groups excluding carboxylic acids is 3. The third-order valence-corrected chi connectivity index (χ3v) is 6.51. The summed E-state index contributed by atoms with van der Waals surface area (Å²) in [4.78, 5) is 41.2. The van der Waals surface area contributed by atoms with Crippen molar-refractivity contribution in [3.63, 3.8) is 0 Å². The Balaban J connectivity index is 1.65. The van der Waals surface area contributed by atoms with Crippen LogP contribution in [0, 0.1) is 17.7 Å². The Morgan fingerprint density at radius 2 is 1.83 bits per heavy atom. The van der Waals surface area contributed by atoms with Gasteiger partial charge in [-0.2, -0.15) is 0 Å². The molecule has 0 aliphatic carbocycles. The second-order valence-corrected chi connectivity index (χ2v) is 8.10. The maximum Gasteiger partial charge on any atom is 0.244 e. The number of anilines is 1. The molecule has 0 bridgehead atoms. The fourth-order valence-electron chi connectivity index (χ4n) is 5.10. The molecular formula is C22H17ClFN2O3+.